The molecule has 0 amide bonds. The van der Waals surface area contributed by atoms with Gasteiger partial charge in [0, 0.05) is 11.0 Å². The van der Waals surface area contributed by atoms with E-state index in [0.717, 1.165) is 19.4 Å². The number of aliphatic carboxylic acids is 1. The Morgan fingerprint density at radius 2 is 2.06 bits per heavy atom. The Hall–Kier alpha value is -0.220. The van der Waals surface area contributed by atoms with Crippen LogP contribution >= 0.6 is 11.8 Å². The Morgan fingerprint density at radius 3 is 2.41 bits per heavy atom. The van der Waals surface area contributed by atoms with Gasteiger partial charge in [-0.05, 0) is 31.2 Å². The highest BCUT2D eigenvalue weighted by Gasteiger charge is 2.50. The fourth-order valence-corrected chi connectivity index (χ4v) is 3.34. The van der Waals surface area contributed by atoms with E-state index in [2.05, 4.69) is 26.1 Å². The van der Waals surface area contributed by atoms with E-state index in [1.165, 1.54) is 0 Å². The van der Waals surface area contributed by atoms with Gasteiger partial charge in [0.05, 0.1) is 0 Å². The number of hydrogen-bond donors (Lipinski definition) is 2. The summed E-state index contributed by atoms with van der Waals surface area (Å²) in [6.45, 7) is 9.26. The van der Waals surface area contributed by atoms with Gasteiger partial charge in [-0.15, -0.1) is 0 Å². The molecule has 2 N–H and O–H groups in total. The normalized spacial score (nSPS) is 21.2. The first-order chi connectivity index (χ1) is 7.94. The number of carbonyl (C=O) groups is 1. The number of hydrogen-bond acceptors (Lipinski definition) is 3. The monoisotopic (exact) mass is 259 g/mol. The van der Waals surface area contributed by atoms with Crippen LogP contribution in [0.25, 0.3) is 0 Å². The van der Waals surface area contributed by atoms with Gasteiger partial charge in [0.25, 0.3) is 0 Å². The summed E-state index contributed by atoms with van der Waals surface area (Å²) in [6, 6.07) is 0. The molecule has 1 saturated carbocycles. The van der Waals surface area contributed by atoms with Gasteiger partial charge in [0.2, 0.25) is 0 Å². The van der Waals surface area contributed by atoms with Gasteiger partial charge in [0.1, 0.15) is 5.54 Å². The van der Waals surface area contributed by atoms with Gasteiger partial charge in [-0.3, -0.25) is 4.79 Å². The minimum atomic E-state index is -0.692. The van der Waals surface area contributed by atoms with E-state index in [1.807, 2.05) is 6.92 Å². The van der Waals surface area contributed by atoms with Gasteiger partial charge in [-0.1, -0.05) is 27.7 Å². The Bertz CT molecular complexity index is 266. The molecular formula is C13H25NO2S. The molecule has 17 heavy (non-hydrogen) atoms. The van der Waals surface area contributed by atoms with E-state index in [-0.39, 0.29) is 0 Å². The van der Waals surface area contributed by atoms with E-state index in [9.17, 15) is 9.90 Å². The second kappa shape index (κ2) is 6.10. The maximum Gasteiger partial charge on any atom is 0.325 e. The molecule has 0 aromatic carbocycles. The first kappa shape index (κ1) is 14.8. The molecule has 0 aromatic rings. The maximum atomic E-state index is 11.6. The van der Waals surface area contributed by atoms with Gasteiger partial charge in [-0.2, -0.15) is 11.8 Å². The van der Waals surface area contributed by atoms with Crippen molar-refractivity contribution in [3.8, 4) is 0 Å². The van der Waals surface area contributed by atoms with Crippen LogP contribution in [0, 0.1) is 11.8 Å². The summed E-state index contributed by atoms with van der Waals surface area (Å²) in [6.07, 6.45) is 2.10. The highest BCUT2D eigenvalue weighted by atomic mass is 32.2. The number of rotatable bonds is 8. The van der Waals surface area contributed by atoms with Crippen LogP contribution in [0.1, 0.15) is 40.5 Å². The zero-order valence-electron chi connectivity index (χ0n) is 11.3. The quantitative estimate of drug-likeness (QED) is 0.703. The van der Waals surface area contributed by atoms with Crippen molar-refractivity contribution in [1.29, 1.82) is 0 Å². The van der Waals surface area contributed by atoms with Crippen LogP contribution in [0.2, 0.25) is 0 Å². The molecule has 1 rings (SSSR count). The average molecular weight is 259 g/mol. The molecule has 0 saturated heterocycles. The molecule has 2 unspecified atom stereocenters. The molecule has 4 heteroatoms. The zero-order valence-corrected chi connectivity index (χ0v) is 12.1. The van der Waals surface area contributed by atoms with Crippen molar-refractivity contribution in [1.82, 2.24) is 5.32 Å². The van der Waals surface area contributed by atoms with Gasteiger partial charge < -0.3 is 10.4 Å². The van der Waals surface area contributed by atoms with E-state index < -0.39 is 11.5 Å². The van der Waals surface area contributed by atoms with Crippen LogP contribution in [-0.2, 0) is 4.79 Å². The maximum absolute atomic E-state index is 11.6. The first-order valence-electron chi connectivity index (χ1n) is 6.54. The standard InChI is InChI=1S/C13H25NO2S/c1-5-14-13(12(15)16,11-6-7-11)8-17-10(4)9(2)3/h9-11,14H,5-8H2,1-4H3,(H,15,16). The molecule has 2 atom stereocenters. The summed E-state index contributed by atoms with van der Waals surface area (Å²) in [5, 5.41) is 13.3. The number of likely N-dealkylation sites (N-methyl/N-ethyl adjacent to an activating group) is 1. The van der Waals surface area contributed by atoms with Crippen molar-refractivity contribution in [2.45, 2.75) is 51.3 Å². The van der Waals surface area contributed by atoms with Crippen molar-refractivity contribution in [2.75, 3.05) is 12.3 Å². The summed E-state index contributed by atoms with van der Waals surface area (Å²) >= 11 is 1.78. The van der Waals surface area contributed by atoms with Crippen LogP contribution in [0.4, 0.5) is 0 Å². The lowest BCUT2D eigenvalue weighted by molar-refractivity contribution is -0.144. The highest BCUT2D eigenvalue weighted by molar-refractivity contribution is 8.00. The lowest BCUT2D eigenvalue weighted by Gasteiger charge is -2.31. The second-order valence-electron chi connectivity index (χ2n) is 5.34. The molecule has 0 aliphatic heterocycles. The fraction of sp³-hybridized carbons (Fsp3) is 0.923. The molecule has 0 aromatic heterocycles. The number of nitrogens with one attached hydrogen (secondary N) is 1. The Balaban J connectivity index is 2.65. The third-order valence-electron chi connectivity index (χ3n) is 3.66. The minimum Gasteiger partial charge on any atom is -0.480 e. The molecule has 1 aliphatic carbocycles. The topological polar surface area (TPSA) is 49.3 Å². The van der Waals surface area contributed by atoms with Crippen LogP contribution in [0.5, 0.6) is 0 Å². The molecule has 0 radical (unpaired) electrons. The largest absolute Gasteiger partial charge is 0.480 e. The van der Waals surface area contributed by atoms with Gasteiger partial charge in [0.15, 0.2) is 0 Å². The Morgan fingerprint density at radius 1 is 1.47 bits per heavy atom. The predicted molar refractivity (Wildman–Crippen MR) is 73.5 cm³/mol. The third-order valence-corrected chi connectivity index (χ3v) is 5.35. The number of thioether (sulfide) groups is 1. The van der Waals surface area contributed by atoms with Crippen molar-refractivity contribution < 1.29 is 9.90 Å². The van der Waals surface area contributed by atoms with E-state index in [0.29, 0.717) is 22.8 Å². The van der Waals surface area contributed by atoms with Crippen molar-refractivity contribution in [3.05, 3.63) is 0 Å². The van der Waals surface area contributed by atoms with E-state index in [1.54, 1.807) is 11.8 Å². The van der Waals surface area contributed by atoms with Crippen molar-refractivity contribution >= 4 is 17.7 Å². The molecule has 1 aliphatic rings. The SMILES string of the molecule is CCNC(CSC(C)C(C)C)(C(=O)O)C1CC1. The van der Waals surface area contributed by atoms with E-state index >= 15 is 0 Å². The summed E-state index contributed by atoms with van der Waals surface area (Å²) < 4.78 is 0. The Kier molecular flexibility index (Phi) is 5.32. The van der Waals surface area contributed by atoms with Gasteiger partial charge in [-0.25, -0.2) is 0 Å². The minimum absolute atomic E-state index is 0.326. The van der Waals surface area contributed by atoms with Crippen LogP contribution in [-0.4, -0.2) is 34.2 Å². The average Bonchev–Trinajstić information content (AvgIpc) is 3.07. The summed E-state index contributed by atoms with van der Waals surface area (Å²) in [7, 11) is 0. The van der Waals surface area contributed by atoms with Crippen molar-refractivity contribution in [3.63, 3.8) is 0 Å². The van der Waals surface area contributed by atoms with E-state index in [4.69, 9.17) is 0 Å². The molecular weight excluding hydrogens is 234 g/mol. The third kappa shape index (κ3) is 3.62. The lowest BCUT2D eigenvalue weighted by Crippen LogP contribution is -2.56. The number of carboxylic acids is 1. The Labute approximate surface area is 109 Å². The molecule has 100 valence electrons. The summed E-state index contributed by atoms with van der Waals surface area (Å²) in [4.78, 5) is 11.6. The fourth-order valence-electron chi connectivity index (χ4n) is 1.97. The van der Waals surface area contributed by atoms with Crippen LogP contribution in [0.3, 0.4) is 0 Å². The molecule has 0 heterocycles. The molecule has 3 nitrogen and oxygen atoms in total. The summed E-state index contributed by atoms with van der Waals surface area (Å²) in [5.41, 5.74) is -0.692. The smallest absolute Gasteiger partial charge is 0.325 e. The lowest BCUT2D eigenvalue weighted by atomic mass is 9.96. The van der Waals surface area contributed by atoms with Crippen molar-refractivity contribution in [2.24, 2.45) is 11.8 Å². The van der Waals surface area contributed by atoms with Crippen LogP contribution in [0.15, 0.2) is 0 Å². The second-order valence-corrected chi connectivity index (χ2v) is 6.71. The molecule has 1 fully saturated rings. The zero-order chi connectivity index (χ0) is 13.1. The molecule has 0 bridgehead atoms. The number of carboxylic acid groups (broad SMARTS) is 1. The highest BCUT2D eigenvalue weighted by Crippen LogP contribution is 2.42. The van der Waals surface area contributed by atoms with Gasteiger partial charge >= 0.3 is 5.97 Å². The molecule has 0 spiro atoms. The first-order valence-corrected chi connectivity index (χ1v) is 7.59. The summed E-state index contributed by atoms with van der Waals surface area (Å²) in [5.74, 6) is 0.921. The van der Waals surface area contributed by atoms with Crippen LogP contribution < -0.4 is 5.32 Å². The predicted octanol–water partition coefficient (Wildman–Crippen LogP) is 2.61.